The fourth-order valence-electron chi connectivity index (χ4n) is 2.33. The molecule has 1 unspecified atom stereocenters. The van der Waals surface area contributed by atoms with Crippen molar-refractivity contribution in [3.63, 3.8) is 0 Å². The first-order valence-corrected chi connectivity index (χ1v) is 10.7. The van der Waals surface area contributed by atoms with Gasteiger partial charge < -0.3 is 23.8 Å². The van der Waals surface area contributed by atoms with Crippen LogP contribution in [-0.4, -0.2) is 49.4 Å². The minimum absolute atomic E-state index is 0.0364. The Labute approximate surface area is 152 Å². The monoisotopic (exact) mass is 384 g/mol. The number of benzene rings is 1. The first-order valence-electron chi connectivity index (χ1n) is 8.14. The van der Waals surface area contributed by atoms with E-state index in [2.05, 4.69) is 0 Å². The zero-order chi connectivity index (χ0) is 19.7. The normalized spacial score (nSPS) is 12.2. The van der Waals surface area contributed by atoms with Gasteiger partial charge in [-0.3, -0.25) is 9.59 Å². The highest BCUT2D eigenvalue weighted by molar-refractivity contribution is 6.69. The van der Waals surface area contributed by atoms with Gasteiger partial charge in [0.1, 0.15) is 12.4 Å². The summed E-state index contributed by atoms with van der Waals surface area (Å²) in [5.74, 6) is -1.62. The van der Waals surface area contributed by atoms with Crippen molar-refractivity contribution in [3.8, 4) is 5.75 Å². The lowest BCUT2D eigenvalue weighted by molar-refractivity contribution is -0.138. The molecule has 0 aliphatic heterocycles. The quantitative estimate of drug-likeness (QED) is 0.489. The van der Waals surface area contributed by atoms with Crippen molar-refractivity contribution in [1.82, 2.24) is 0 Å². The van der Waals surface area contributed by atoms with Crippen LogP contribution in [0.25, 0.3) is 0 Å². The molecule has 26 heavy (non-hydrogen) atoms. The highest BCUT2D eigenvalue weighted by atomic mass is 28.4. The van der Waals surface area contributed by atoms with Crippen molar-refractivity contribution in [2.24, 2.45) is 0 Å². The van der Waals surface area contributed by atoms with Crippen molar-refractivity contribution in [2.45, 2.75) is 45.4 Å². The van der Waals surface area contributed by atoms with E-state index >= 15 is 0 Å². The highest BCUT2D eigenvalue weighted by Gasteiger charge is 2.37. The van der Waals surface area contributed by atoms with E-state index in [4.69, 9.17) is 13.6 Å². The molecule has 0 amide bonds. The predicted molar refractivity (Wildman–Crippen MR) is 93.6 cm³/mol. The number of aromatic hydroxyl groups is 1. The van der Waals surface area contributed by atoms with E-state index in [9.17, 15) is 24.6 Å². The lowest BCUT2D eigenvalue weighted by Gasteiger charge is -2.25. The van der Waals surface area contributed by atoms with Crippen molar-refractivity contribution in [2.75, 3.05) is 6.61 Å². The number of esters is 1. The third-order valence-corrected chi connectivity index (χ3v) is 6.10. The summed E-state index contributed by atoms with van der Waals surface area (Å²) in [6.45, 7) is 3.89. The Balaban J connectivity index is 2.41. The molecule has 144 valence electrons. The van der Waals surface area contributed by atoms with Crippen LogP contribution in [0.1, 0.15) is 37.0 Å². The zero-order valence-electron chi connectivity index (χ0n) is 15.1. The predicted octanol–water partition coefficient (Wildman–Crippen LogP) is 1.89. The van der Waals surface area contributed by atoms with Gasteiger partial charge in [0.15, 0.2) is 0 Å². The van der Waals surface area contributed by atoms with Crippen molar-refractivity contribution < 1.29 is 38.2 Å². The van der Waals surface area contributed by atoms with Crippen LogP contribution in [0.5, 0.6) is 5.75 Å². The molecule has 0 fully saturated rings. The van der Waals surface area contributed by atoms with Crippen LogP contribution < -0.4 is 0 Å². The molecule has 0 aromatic heterocycles. The second kappa shape index (κ2) is 9.93. The van der Waals surface area contributed by atoms with Gasteiger partial charge in [0.05, 0.1) is 11.7 Å². The number of carbonyl (C=O) groups excluding carboxylic acids is 3. The molecule has 1 aromatic rings. The van der Waals surface area contributed by atoms with Crippen LogP contribution in [0.3, 0.4) is 0 Å². The first kappa shape index (κ1) is 21.6. The Kier molecular flexibility index (Phi) is 8.27. The summed E-state index contributed by atoms with van der Waals surface area (Å²) >= 11 is 0. The average molecular weight is 384 g/mol. The molecule has 0 saturated heterocycles. The number of phenolic OH excluding ortho intramolecular Hbond substituents is 1. The summed E-state index contributed by atoms with van der Waals surface area (Å²) in [7, 11) is -2.99. The standard InChI is InChI=1S/C17H24O8Si/c1-12(18)24-26(3,25-13(2)19)10-4-5-16(21)11-23-17(22)14-6-8-15(20)9-7-14/h6-9,16,20-21H,4-5,10-11H2,1-3H3. The molecule has 0 bridgehead atoms. The summed E-state index contributed by atoms with van der Waals surface area (Å²) in [5, 5.41) is 19.1. The van der Waals surface area contributed by atoms with Gasteiger partial charge in [0, 0.05) is 26.4 Å². The molecule has 1 atom stereocenters. The number of hydrogen-bond donors (Lipinski definition) is 2. The Morgan fingerprint density at radius 1 is 1.08 bits per heavy atom. The number of hydrogen-bond acceptors (Lipinski definition) is 8. The third-order valence-electron chi connectivity index (χ3n) is 3.40. The summed E-state index contributed by atoms with van der Waals surface area (Å²) < 4.78 is 15.3. The SMILES string of the molecule is CC(=O)O[Si](C)(CCCC(O)COC(=O)c1ccc(O)cc1)OC(C)=O. The molecule has 8 nitrogen and oxygen atoms in total. The number of carbonyl (C=O) groups is 3. The number of aliphatic hydroxyl groups is 1. The first-order chi connectivity index (χ1) is 12.1. The van der Waals surface area contributed by atoms with Crippen LogP contribution in [0.15, 0.2) is 24.3 Å². The van der Waals surface area contributed by atoms with Crippen molar-refractivity contribution in [1.29, 1.82) is 0 Å². The molecule has 0 saturated carbocycles. The molecule has 0 heterocycles. The van der Waals surface area contributed by atoms with E-state index < -0.39 is 32.6 Å². The third kappa shape index (κ3) is 8.12. The fraction of sp³-hybridized carbons (Fsp3) is 0.471. The fourth-order valence-corrected chi connectivity index (χ4v) is 4.63. The minimum Gasteiger partial charge on any atom is -0.508 e. The second-order valence-corrected chi connectivity index (χ2v) is 9.19. The van der Waals surface area contributed by atoms with E-state index in [1.807, 2.05) is 0 Å². The summed E-state index contributed by atoms with van der Waals surface area (Å²) in [5.41, 5.74) is 0.264. The molecule has 0 aliphatic carbocycles. The second-order valence-electron chi connectivity index (χ2n) is 6.01. The molecule has 9 heteroatoms. The van der Waals surface area contributed by atoms with E-state index in [1.54, 1.807) is 6.55 Å². The molecule has 0 radical (unpaired) electrons. The van der Waals surface area contributed by atoms with Gasteiger partial charge in [-0.1, -0.05) is 0 Å². The van der Waals surface area contributed by atoms with E-state index in [0.717, 1.165) is 0 Å². The number of ether oxygens (including phenoxy) is 1. The Hall–Kier alpha value is -2.39. The van der Waals surface area contributed by atoms with Gasteiger partial charge in [-0.15, -0.1) is 0 Å². The smallest absolute Gasteiger partial charge is 0.461 e. The van der Waals surface area contributed by atoms with Crippen molar-refractivity contribution in [3.05, 3.63) is 29.8 Å². The molecule has 0 spiro atoms. The van der Waals surface area contributed by atoms with Crippen LogP contribution >= 0.6 is 0 Å². The minimum atomic E-state index is -2.99. The Morgan fingerprint density at radius 3 is 2.12 bits per heavy atom. The molecule has 0 aliphatic rings. The lowest BCUT2D eigenvalue weighted by atomic mass is 10.2. The van der Waals surface area contributed by atoms with Crippen LogP contribution in [0.2, 0.25) is 12.6 Å². The van der Waals surface area contributed by atoms with Gasteiger partial charge in [-0.05, 0) is 37.1 Å². The Morgan fingerprint density at radius 2 is 1.62 bits per heavy atom. The molecule has 1 rings (SSSR count). The summed E-state index contributed by atoms with van der Waals surface area (Å²) in [6.07, 6.45) is -0.182. The maximum atomic E-state index is 11.8. The Bertz CT molecular complexity index is 612. The van der Waals surface area contributed by atoms with Crippen LogP contribution in [0.4, 0.5) is 0 Å². The molecule has 1 aromatic carbocycles. The van der Waals surface area contributed by atoms with Gasteiger partial charge >= 0.3 is 14.5 Å². The van der Waals surface area contributed by atoms with Gasteiger partial charge in [0.25, 0.3) is 11.9 Å². The number of aliphatic hydroxyl groups excluding tert-OH is 1. The lowest BCUT2D eigenvalue weighted by Crippen LogP contribution is -2.41. The molecular formula is C17H24O8Si. The summed E-state index contributed by atoms with van der Waals surface area (Å²) in [6, 6.07) is 5.89. The van der Waals surface area contributed by atoms with Gasteiger partial charge in [-0.25, -0.2) is 4.79 Å². The van der Waals surface area contributed by atoms with Crippen LogP contribution in [-0.2, 0) is 23.2 Å². The van der Waals surface area contributed by atoms with E-state index in [1.165, 1.54) is 38.1 Å². The largest absolute Gasteiger partial charge is 0.508 e. The van der Waals surface area contributed by atoms with Crippen molar-refractivity contribution >= 4 is 26.5 Å². The summed E-state index contributed by atoms with van der Waals surface area (Å²) in [4.78, 5) is 34.2. The number of phenols is 1. The van der Waals surface area contributed by atoms with Crippen LogP contribution in [0, 0.1) is 0 Å². The van der Waals surface area contributed by atoms with E-state index in [-0.39, 0.29) is 24.3 Å². The number of rotatable bonds is 9. The maximum absolute atomic E-state index is 11.8. The maximum Gasteiger partial charge on any atom is 0.461 e. The molecule has 2 N–H and O–H groups in total. The zero-order valence-corrected chi connectivity index (χ0v) is 16.1. The average Bonchev–Trinajstić information content (AvgIpc) is 2.51. The van der Waals surface area contributed by atoms with E-state index in [0.29, 0.717) is 12.5 Å². The topological polar surface area (TPSA) is 119 Å². The van der Waals surface area contributed by atoms with Gasteiger partial charge in [0.2, 0.25) is 0 Å². The molecular weight excluding hydrogens is 360 g/mol. The van der Waals surface area contributed by atoms with Gasteiger partial charge in [-0.2, -0.15) is 0 Å². The highest BCUT2D eigenvalue weighted by Crippen LogP contribution is 2.19.